The first kappa shape index (κ1) is 11.9. The molecule has 0 aromatic heterocycles. The Kier molecular flexibility index (Phi) is 3.05. The maximum atomic E-state index is 13.6. The topological polar surface area (TPSA) is 40.5 Å². The molecule has 0 aliphatic carbocycles. The van der Waals surface area contributed by atoms with Gasteiger partial charge in [-0.3, -0.25) is 0 Å². The van der Waals surface area contributed by atoms with Gasteiger partial charge in [0.15, 0.2) is 0 Å². The fourth-order valence-corrected chi connectivity index (χ4v) is 2.07. The second-order valence-electron chi connectivity index (χ2n) is 4.76. The molecule has 1 N–H and O–H groups in total. The number of carboxylic acid groups (broad SMARTS) is 1. The Labute approximate surface area is 99.9 Å². The number of hydrogen-bond donors (Lipinski definition) is 1. The smallest absolute Gasteiger partial charge is 0.335 e. The van der Waals surface area contributed by atoms with Gasteiger partial charge < -0.3 is 10.0 Å². The molecule has 0 spiro atoms. The van der Waals surface area contributed by atoms with E-state index in [2.05, 4.69) is 0 Å². The molecule has 0 radical (unpaired) electrons. The molecule has 0 saturated carbocycles. The second-order valence-corrected chi connectivity index (χ2v) is 4.76. The monoisotopic (exact) mass is 237 g/mol. The molecular weight excluding hydrogens is 221 g/mol. The lowest BCUT2D eigenvalue weighted by Crippen LogP contribution is -2.40. The van der Waals surface area contributed by atoms with Gasteiger partial charge in [0, 0.05) is 18.8 Å². The van der Waals surface area contributed by atoms with Crippen molar-refractivity contribution in [3.05, 3.63) is 29.8 Å². The van der Waals surface area contributed by atoms with E-state index >= 15 is 0 Å². The quantitative estimate of drug-likeness (QED) is 0.859. The normalized spacial score (nSPS) is 19.1. The molecule has 4 heteroatoms. The third kappa shape index (κ3) is 2.75. The predicted molar refractivity (Wildman–Crippen MR) is 64.4 cm³/mol. The first-order valence-corrected chi connectivity index (χ1v) is 5.75. The van der Waals surface area contributed by atoms with Crippen LogP contribution in [0.3, 0.4) is 0 Å². The molecule has 1 saturated heterocycles. The van der Waals surface area contributed by atoms with Crippen LogP contribution < -0.4 is 4.90 Å². The highest BCUT2D eigenvalue weighted by Crippen LogP contribution is 2.29. The fraction of sp³-hybridized carbons (Fsp3) is 0.462. The summed E-state index contributed by atoms with van der Waals surface area (Å²) in [7, 11) is 0. The molecule has 1 aliphatic rings. The number of carboxylic acids is 1. The zero-order valence-corrected chi connectivity index (χ0v) is 9.82. The summed E-state index contributed by atoms with van der Waals surface area (Å²) >= 11 is 0. The standard InChI is InChI=1S/C13H16FNO2/c1-13(14)5-7-15(8-6-13)11-4-2-3-10(9-11)12(16)17/h2-4,9H,5-8H2,1H3,(H,16,17). The molecule has 3 nitrogen and oxygen atoms in total. The second kappa shape index (κ2) is 4.35. The lowest BCUT2D eigenvalue weighted by atomic mass is 9.95. The highest BCUT2D eigenvalue weighted by Gasteiger charge is 2.29. The maximum absolute atomic E-state index is 13.6. The van der Waals surface area contributed by atoms with Gasteiger partial charge in [0.1, 0.15) is 5.67 Å². The van der Waals surface area contributed by atoms with E-state index in [1.165, 1.54) is 0 Å². The first-order chi connectivity index (χ1) is 7.98. The van der Waals surface area contributed by atoms with Crippen molar-refractivity contribution in [2.24, 2.45) is 0 Å². The molecule has 0 amide bonds. The molecule has 1 heterocycles. The Morgan fingerprint density at radius 2 is 2.06 bits per heavy atom. The number of nitrogens with zero attached hydrogens (tertiary/aromatic N) is 1. The summed E-state index contributed by atoms with van der Waals surface area (Å²) in [5.74, 6) is -0.931. The molecule has 0 unspecified atom stereocenters. The van der Waals surface area contributed by atoms with E-state index in [1.807, 2.05) is 11.0 Å². The summed E-state index contributed by atoms with van der Waals surface area (Å²) in [4.78, 5) is 12.9. The zero-order valence-electron chi connectivity index (χ0n) is 9.82. The minimum Gasteiger partial charge on any atom is -0.478 e. The Morgan fingerprint density at radius 3 is 2.65 bits per heavy atom. The summed E-state index contributed by atoms with van der Waals surface area (Å²) in [6, 6.07) is 6.80. The summed E-state index contributed by atoms with van der Waals surface area (Å²) in [5, 5.41) is 8.91. The van der Waals surface area contributed by atoms with Crippen molar-refractivity contribution in [2.45, 2.75) is 25.4 Å². The van der Waals surface area contributed by atoms with Gasteiger partial charge in [0.05, 0.1) is 5.56 Å². The number of benzene rings is 1. The van der Waals surface area contributed by atoms with Crippen molar-refractivity contribution < 1.29 is 14.3 Å². The third-order valence-electron chi connectivity index (χ3n) is 3.26. The van der Waals surface area contributed by atoms with Crippen molar-refractivity contribution in [1.29, 1.82) is 0 Å². The Morgan fingerprint density at radius 1 is 1.41 bits per heavy atom. The van der Waals surface area contributed by atoms with Gasteiger partial charge >= 0.3 is 5.97 Å². The largest absolute Gasteiger partial charge is 0.478 e. The Balaban J connectivity index is 2.13. The van der Waals surface area contributed by atoms with Crippen LogP contribution in [-0.2, 0) is 0 Å². The Hall–Kier alpha value is -1.58. The molecule has 17 heavy (non-hydrogen) atoms. The van der Waals surface area contributed by atoms with E-state index in [4.69, 9.17) is 5.11 Å². The average molecular weight is 237 g/mol. The van der Waals surface area contributed by atoms with Crippen LogP contribution in [0, 0.1) is 0 Å². The van der Waals surface area contributed by atoms with Gasteiger partial charge in [-0.05, 0) is 38.0 Å². The third-order valence-corrected chi connectivity index (χ3v) is 3.26. The highest BCUT2D eigenvalue weighted by atomic mass is 19.1. The van der Waals surface area contributed by atoms with E-state index in [0.717, 1.165) is 5.69 Å². The van der Waals surface area contributed by atoms with Crippen molar-refractivity contribution in [3.63, 3.8) is 0 Å². The lowest BCUT2D eigenvalue weighted by molar-refractivity contribution is 0.0696. The van der Waals surface area contributed by atoms with E-state index in [1.54, 1.807) is 25.1 Å². The van der Waals surface area contributed by atoms with E-state index in [0.29, 0.717) is 25.9 Å². The van der Waals surface area contributed by atoms with E-state index < -0.39 is 11.6 Å². The number of alkyl halides is 1. The molecule has 1 aromatic rings. The highest BCUT2D eigenvalue weighted by molar-refractivity contribution is 5.88. The number of anilines is 1. The SMILES string of the molecule is CC1(F)CCN(c2cccc(C(=O)O)c2)CC1. The van der Waals surface area contributed by atoms with Gasteiger partial charge in [-0.15, -0.1) is 0 Å². The number of aromatic carboxylic acids is 1. The molecule has 1 aliphatic heterocycles. The van der Waals surface area contributed by atoms with Crippen molar-refractivity contribution in [3.8, 4) is 0 Å². The number of halogens is 1. The predicted octanol–water partition coefficient (Wildman–Crippen LogP) is 2.71. The summed E-state index contributed by atoms with van der Waals surface area (Å²) < 4.78 is 13.6. The van der Waals surface area contributed by atoms with Crippen LogP contribution in [0.25, 0.3) is 0 Å². The molecule has 0 atom stereocenters. The van der Waals surface area contributed by atoms with Crippen LogP contribution in [0.2, 0.25) is 0 Å². The number of piperidine rings is 1. The van der Waals surface area contributed by atoms with Crippen LogP contribution in [-0.4, -0.2) is 29.8 Å². The minimum absolute atomic E-state index is 0.274. The molecular formula is C13H16FNO2. The van der Waals surface area contributed by atoms with Crippen LogP contribution in [0.15, 0.2) is 24.3 Å². The van der Waals surface area contributed by atoms with E-state index in [9.17, 15) is 9.18 Å². The van der Waals surface area contributed by atoms with Gasteiger partial charge in [0.2, 0.25) is 0 Å². The van der Waals surface area contributed by atoms with Crippen molar-refractivity contribution >= 4 is 11.7 Å². The van der Waals surface area contributed by atoms with Gasteiger partial charge in [-0.25, -0.2) is 9.18 Å². The van der Waals surface area contributed by atoms with Gasteiger partial charge in [0.25, 0.3) is 0 Å². The van der Waals surface area contributed by atoms with Gasteiger partial charge in [-0.2, -0.15) is 0 Å². The maximum Gasteiger partial charge on any atom is 0.335 e. The molecule has 92 valence electrons. The zero-order chi connectivity index (χ0) is 12.5. The number of hydrogen-bond acceptors (Lipinski definition) is 2. The van der Waals surface area contributed by atoms with E-state index in [-0.39, 0.29) is 5.56 Å². The molecule has 1 fully saturated rings. The molecule has 1 aromatic carbocycles. The number of rotatable bonds is 2. The van der Waals surface area contributed by atoms with Gasteiger partial charge in [-0.1, -0.05) is 6.07 Å². The summed E-state index contributed by atoms with van der Waals surface area (Å²) in [6.07, 6.45) is 0.981. The molecule has 0 bridgehead atoms. The van der Waals surface area contributed by atoms with Crippen molar-refractivity contribution in [1.82, 2.24) is 0 Å². The summed E-state index contributed by atoms with van der Waals surface area (Å²) in [5.41, 5.74) is 0.0532. The van der Waals surface area contributed by atoms with Crippen molar-refractivity contribution in [2.75, 3.05) is 18.0 Å². The number of carbonyl (C=O) groups is 1. The lowest BCUT2D eigenvalue weighted by Gasteiger charge is -2.35. The fourth-order valence-electron chi connectivity index (χ4n) is 2.07. The van der Waals surface area contributed by atoms with Crippen LogP contribution in [0.1, 0.15) is 30.1 Å². The van der Waals surface area contributed by atoms with Crippen LogP contribution >= 0.6 is 0 Å². The average Bonchev–Trinajstić information content (AvgIpc) is 2.29. The summed E-state index contributed by atoms with van der Waals surface area (Å²) in [6.45, 7) is 2.89. The van der Waals surface area contributed by atoms with Crippen LogP contribution in [0.5, 0.6) is 0 Å². The molecule has 2 rings (SSSR count). The minimum atomic E-state index is -1.08. The van der Waals surface area contributed by atoms with Crippen LogP contribution in [0.4, 0.5) is 10.1 Å². The Bertz CT molecular complexity index is 421. The first-order valence-electron chi connectivity index (χ1n) is 5.75.